The van der Waals surface area contributed by atoms with Gasteiger partial charge in [-0.1, -0.05) is 11.6 Å². The first kappa shape index (κ1) is 14.2. The van der Waals surface area contributed by atoms with Crippen LogP contribution in [0.2, 0.25) is 5.15 Å². The van der Waals surface area contributed by atoms with Gasteiger partial charge in [0, 0.05) is 12.5 Å². The molecule has 0 fully saturated rings. The Hall–Kier alpha value is -0.860. The van der Waals surface area contributed by atoms with Crippen molar-refractivity contribution in [3.8, 4) is 0 Å². The maximum atomic E-state index is 11.5. The topological polar surface area (TPSA) is 93.2 Å². The molecule has 0 aliphatic heterocycles. The molecule has 1 N–H and O–H groups in total. The van der Waals surface area contributed by atoms with E-state index in [1.54, 1.807) is 0 Å². The number of sulfonamides is 1. The molecule has 9 heteroatoms. The third kappa shape index (κ3) is 5.85. The van der Waals surface area contributed by atoms with Gasteiger partial charge in [0.25, 0.3) is 0 Å². The van der Waals surface area contributed by atoms with E-state index in [9.17, 15) is 16.8 Å². The number of hydrogen-bond donors (Lipinski definition) is 1. The second-order valence-corrected chi connectivity index (χ2v) is 7.91. The molecule has 0 unspecified atom stereocenters. The Morgan fingerprint density at radius 2 is 1.94 bits per heavy atom. The summed E-state index contributed by atoms with van der Waals surface area (Å²) in [5.41, 5.74) is 0.249. The van der Waals surface area contributed by atoms with Crippen LogP contribution in [-0.4, -0.2) is 39.6 Å². The molecule has 0 spiro atoms. The Labute approximate surface area is 105 Å². The monoisotopic (exact) mass is 298 g/mol. The molecular weight excluding hydrogens is 288 g/mol. The van der Waals surface area contributed by atoms with E-state index in [4.69, 9.17) is 11.6 Å². The quantitative estimate of drug-likeness (QED) is 0.800. The van der Waals surface area contributed by atoms with Gasteiger partial charge in [-0.3, -0.25) is 4.72 Å². The molecule has 0 aliphatic rings. The number of pyridine rings is 1. The summed E-state index contributed by atoms with van der Waals surface area (Å²) in [6.07, 6.45) is 2.32. The zero-order chi connectivity index (χ0) is 13.1. The molecule has 0 saturated carbocycles. The molecular formula is C8H11ClN2O4S2. The van der Waals surface area contributed by atoms with E-state index in [0.29, 0.717) is 0 Å². The second kappa shape index (κ2) is 5.19. The van der Waals surface area contributed by atoms with Gasteiger partial charge in [0.2, 0.25) is 10.0 Å². The molecule has 17 heavy (non-hydrogen) atoms. The third-order valence-electron chi connectivity index (χ3n) is 1.72. The maximum Gasteiger partial charge on any atom is 0.233 e. The number of aromatic nitrogens is 1. The molecule has 1 aromatic rings. The lowest BCUT2D eigenvalue weighted by Gasteiger charge is -2.07. The van der Waals surface area contributed by atoms with Gasteiger partial charge in [0.15, 0.2) is 0 Å². The van der Waals surface area contributed by atoms with Gasteiger partial charge in [-0.05, 0) is 12.1 Å². The lowest BCUT2D eigenvalue weighted by Crippen LogP contribution is -2.22. The average Bonchev–Trinajstić information content (AvgIpc) is 2.13. The number of rotatable bonds is 5. The predicted octanol–water partition coefficient (Wildman–Crippen LogP) is 0.521. The lowest BCUT2D eigenvalue weighted by atomic mass is 10.4. The smallest absolute Gasteiger partial charge is 0.233 e. The first-order valence-electron chi connectivity index (χ1n) is 4.48. The maximum absolute atomic E-state index is 11.5. The summed E-state index contributed by atoms with van der Waals surface area (Å²) in [7, 11) is -7.02. The van der Waals surface area contributed by atoms with Crippen molar-refractivity contribution in [3.63, 3.8) is 0 Å². The van der Waals surface area contributed by atoms with Crippen LogP contribution in [-0.2, 0) is 19.9 Å². The molecule has 0 saturated heterocycles. The zero-order valence-electron chi connectivity index (χ0n) is 8.92. The van der Waals surface area contributed by atoms with Gasteiger partial charge in [-0.2, -0.15) is 0 Å². The van der Waals surface area contributed by atoms with Gasteiger partial charge >= 0.3 is 0 Å². The highest BCUT2D eigenvalue weighted by Gasteiger charge is 2.14. The van der Waals surface area contributed by atoms with E-state index < -0.39 is 31.4 Å². The molecule has 1 rings (SSSR count). The van der Waals surface area contributed by atoms with Crippen molar-refractivity contribution in [2.24, 2.45) is 0 Å². The van der Waals surface area contributed by atoms with Crippen LogP contribution in [0.25, 0.3) is 0 Å². The van der Waals surface area contributed by atoms with Crippen LogP contribution in [0.5, 0.6) is 0 Å². The number of nitrogens with one attached hydrogen (secondary N) is 1. The van der Waals surface area contributed by atoms with Crippen molar-refractivity contribution in [2.45, 2.75) is 0 Å². The van der Waals surface area contributed by atoms with E-state index in [0.717, 1.165) is 6.26 Å². The van der Waals surface area contributed by atoms with Crippen molar-refractivity contribution < 1.29 is 16.8 Å². The van der Waals surface area contributed by atoms with Crippen LogP contribution < -0.4 is 4.72 Å². The van der Waals surface area contributed by atoms with Crippen molar-refractivity contribution in [1.82, 2.24) is 4.98 Å². The Bertz CT molecular complexity index is 598. The van der Waals surface area contributed by atoms with Crippen molar-refractivity contribution in [2.75, 3.05) is 22.5 Å². The summed E-state index contributed by atoms with van der Waals surface area (Å²) in [6.45, 7) is 0. The number of halogens is 1. The summed E-state index contributed by atoms with van der Waals surface area (Å²) < 4.78 is 47.0. The van der Waals surface area contributed by atoms with Gasteiger partial charge < -0.3 is 0 Å². The zero-order valence-corrected chi connectivity index (χ0v) is 11.3. The normalized spacial score (nSPS) is 12.4. The van der Waals surface area contributed by atoms with Crippen LogP contribution in [0.15, 0.2) is 18.3 Å². The highest BCUT2D eigenvalue weighted by Crippen LogP contribution is 2.13. The Morgan fingerprint density at radius 3 is 2.47 bits per heavy atom. The SMILES string of the molecule is CS(=O)(=O)CCS(=O)(=O)Nc1ccnc(Cl)c1. The molecule has 0 bridgehead atoms. The van der Waals surface area contributed by atoms with E-state index in [2.05, 4.69) is 9.71 Å². The van der Waals surface area contributed by atoms with E-state index in [-0.39, 0.29) is 10.8 Å². The predicted molar refractivity (Wildman–Crippen MR) is 66.4 cm³/mol. The minimum atomic E-state index is -3.70. The number of nitrogens with zero attached hydrogens (tertiary/aromatic N) is 1. The van der Waals surface area contributed by atoms with Crippen molar-refractivity contribution in [3.05, 3.63) is 23.5 Å². The van der Waals surface area contributed by atoms with Crippen LogP contribution in [0.4, 0.5) is 5.69 Å². The summed E-state index contributed by atoms with van der Waals surface area (Å²) >= 11 is 5.58. The van der Waals surface area contributed by atoms with Crippen LogP contribution in [0, 0.1) is 0 Å². The van der Waals surface area contributed by atoms with Gasteiger partial charge in [0.1, 0.15) is 15.0 Å². The standard InChI is InChI=1S/C8H11ClN2O4S2/c1-16(12,13)4-5-17(14,15)11-7-2-3-10-8(9)6-7/h2-3,6H,4-5H2,1H3,(H,10,11). The Kier molecular flexibility index (Phi) is 4.34. The lowest BCUT2D eigenvalue weighted by molar-refractivity contribution is 0.593. The fraction of sp³-hybridized carbons (Fsp3) is 0.375. The van der Waals surface area contributed by atoms with E-state index in [1.165, 1.54) is 18.3 Å². The summed E-state index contributed by atoms with van der Waals surface area (Å²) in [4.78, 5) is 3.69. The van der Waals surface area contributed by atoms with Crippen LogP contribution in [0.3, 0.4) is 0 Å². The third-order valence-corrected chi connectivity index (χ3v) is 4.42. The average molecular weight is 299 g/mol. The minimum absolute atomic E-state index is 0.147. The molecule has 6 nitrogen and oxygen atoms in total. The molecule has 96 valence electrons. The van der Waals surface area contributed by atoms with Gasteiger partial charge in [0.05, 0.1) is 17.2 Å². The first-order valence-corrected chi connectivity index (χ1v) is 8.57. The Balaban J connectivity index is 2.74. The fourth-order valence-corrected chi connectivity index (χ4v) is 3.81. The molecule has 0 aliphatic carbocycles. The fourth-order valence-electron chi connectivity index (χ4n) is 0.958. The van der Waals surface area contributed by atoms with Crippen LogP contribution in [0.1, 0.15) is 0 Å². The van der Waals surface area contributed by atoms with Gasteiger partial charge in [-0.25, -0.2) is 21.8 Å². The summed E-state index contributed by atoms with van der Waals surface area (Å²) in [6, 6.07) is 2.75. The highest BCUT2D eigenvalue weighted by atomic mass is 35.5. The minimum Gasteiger partial charge on any atom is -0.283 e. The summed E-state index contributed by atoms with van der Waals surface area (Å²) in [5, 5.41) is 0.147. The van der Waals surface area contributed by atoms with Crippen molar-refractivity contribution in [1.29, 1.82) is 0 Å². The number of hydrogen-bond acceptors (Lipinski definition) is 5. The van der Waals surface area contributed by atoms with Crippen molar-refractivity contribution >= 4 is 37.1 Å². The second-order valence-electron chi connectivity index (χ2n) is 3.42. The highest BCUT2D eigenvalue weighted by molar-refractivity contribution is 7.95. The first-order chi connectivity index (χ1) is 7.68. The van der Waals surface area contributed by atoms with Gasteiger partial charge in [-0.15, -0.1) is 0 Å². The molecule has 1 heterocycles. The molecule has 0 atom stereocenters. The van der Waals surface area contributed by atoms with E-state index >= 15 is 0 Å². The number of sulfone groups is 1. The number of anilines is 1. The van der Waals surface area contributed by atoms with Crippen LogP contribution >= 0.6 is 11.6 Å². The summed E-state index contributed by atoms with van der Waals surface area (Å²) in [5.74, 6) is -0.924. The Morgan fingerprint density at radius 1 is 1.29 bits per heavy atom. The van der Waals surface area contributed by atoms with E-state index in [1.807, 2.05) is 0 Å². The molecule has 0 radical (unpaired) electrons. The molecule has 0 aromatic carbocycles. The molecule has 0 amide bonds. The largest absolute Gasteiger partial charge is 0.283 e. The molecule has 1 aromatic heterocycles.